The van der Waals surface area contributed by atoms with Crippen molar-refractivity contribution in [2.24, 2.45) is 10.9 Å². The van der Waals surface area contributed by atoms with E-state index in [9.17, 15) is 9.90 Å². The largest absolute Gasteiger partial charge is 0.510 e. The summed E-state index contributed by atoms with van der Waals surface area (Å²) >= 11 is 3.18. The van der Waals surface area contributed by atoms with Gasteiger partial charge in [-0.3, -0.25) is 9.69 Å². The van der Waals surface area contributed by atoms with Crippen molar-refractivity contribution in [3.63, 3.8) is 0 Å². The third-order valence-electron chi connectivity index (χ3n) is 5.88. The standard InChI is InChI=1S/C24H23N3O2S2/c1-3-13-27-20(29)14-30-24(27)25-22-18(28)12-11-15-7-6-8-16(21(15)22)23-26(2)17-9-4-5-10-19(17)31-23/h3-6,8-12,21-22,28H,1,7,13-14H2,2H3. The number of amidine groups is 1. The van der Waals surface area contributed by atoms with Crippen molar-refractivity contribution in [2.75, 3.05) is 24.2 Å². The predicted octanol–water partition coefficient (Wildman–Crippen LogP) is 4.88. The summed E-state index contributed by atoms with van der Waals surface area (Å²) in [6.07, 6.45) is 10.7. The maximum absolute atomic E-state index is 12.3. The van der Waals surface area contributed by atoms with E-state index in [0.29, 0.717) is 17.5 Å². The Bertz CT molecular complexity index is 1120. The molecule has 31 heavy (non-hydrogen) atoms. The van der Waals surface area contributed by atoms with Crippen LogP contribution >= 0.6 is 23.5 Å². The Labute approximate surface area is 190 Å². The van der Waals surface area contributed by atoms with Gasteiger partial charge >= 0.3 is 0 Å². The average Bonchev–Trinajstić information content (AvgIpc) is 3.30. The number of hydrogen-bond donors (Lipinski definition) is 1. The molecule has 1 fully saturated rings. The number of carbonyl (C=O) groups is 1. The van der Waals surface area contributed by atoms with Crippen LogP contribution in [0.15, 0.2) is 93.0 Å². The first-order chi connectivity index (χ1) is 15.1. The van der Waals surface area contributed by atoms with Crippen LogP contribution < -0.4 is 4.90 Å². The monoisotopic (exact) mass is 449 g/mol. The number of amides is 1. The van der Waals surface area contributed by atoms with E-state index < -0.39 is 6.04 Å². The third-order valence-corrected chi connectivity index (χ3v) is 8.12. The van der Waals surface area contributed by atoms with Crippen LogP contribution in [0.2, 0.25) is 0 Å². The minimum Gasteiger partial charge on any atom is -0.510 e. The molecule has 1 N–H and O–H groups in total. The molecule has 1 aromatic carbocycles. The second-order valence-corrected chi connectivity index (χ2v) is 9.72. The lowest BCUT2D eigenvalue weighted by Gasteiger charge is -2.34. The van der Waals surface area contributed by atoms with E-state index in [1.165, 1.54) is 27.9 Å². The van der Waals surface area contributed by atoms with Gasteiger partial charge in [0, 0.05) is 24.4 Å². The number of nitrogens with zero attached hydrogens (tertiary/aromatic N) is 3. The van der Waals surface area contributed by atoms with Crippen LogP contribution in [-0.2, 0) is 4.79 Å². The lowest BCUT2D eigenvalue weighted by atomic mass is 9.76. The van der Waals surface area contributed by atoms with Crippen molar-refractivity contribution in [3.8, 4) is 0 Å². The first kappa shape index (κ1) is 20.3. The van der Waals surface area contributed by atoms with Gasteiger partial charge in [0.2, 0.25) is 5.91 Å². The molecule has 2 atom stereocenters. The number of hydrogen-bond acceptors (Lipinski definition) is 6. The first-order valence-electron chi connectivity index (χ1n) is 10.2. The Balaban J connectivity index is 1.58. The van der Waals surface area contributed by atoms with Gasteiger partial charge in [-0.1, -0.05) is 65.5 Å². The second-order valence-electron chi connectivity index (χ2n) is 7.74. The van der Waals surface area contributed by atoms with Gasteiger partial charge in [-0.15, -0.1) is 6.58 Å². The molecule has 7 heteroatoms. The van der Waals surface area contributed by atoms with E-state index >= 15 is 0 Å². The third kappa shape index (κ3) is 3.46. The summed E-state index contributed by atoms with van der Waals surface area (Å²) in [4.78, 5) is 22.3. The molecule has 0 spiro atoms. The van der Waals surface area contributed by atoms with E-state index in [-0.39, 0.29) is 17.6 Å². The summed E-state index contributed by atoms with van der Waals surface area (Å²) in [5, 5.41) is 12.7. The fourth-order valence-electron chi connectivity index (χ4n) is 4.38. The summed E-state index contributed by atoms with van der Waals surface area (Å²) in [6.45, 7) is 4.19. The van der Waals surface area contributed by atoms with Gasteiger partial charge in [-0.2, -0.15) is 0 Å². The molecule has 2 unspecified atom stereocenters. The zero-order chi connectivity index (χ0) is 21.5. The molecule has 1 aromatic rings. The quantitative estimate of drug-likeness (QED) is 0.667. The second kappa shape index (κ2) is 8.13. The molecule has 5 rings (SSSR count). The Kier molecular flexibility index (Phi) is 5.32. The predicted molar refractivity (Wildman–Crippen MR) is 129 cm³/mol. The van der Waals surface area contributed by atoms with Crippen LogP contribution in [0.1, 0.15) is 6.42 Å². The number of rotatable bonds is 3. The summed E-state index contributed by atoms with van der Waals surface area (Å²) in [5.74, 6) is 0.571. The van der Waals surface area contributed by atoms with E-state index in [1.807, 2.05) is 6.08 Å². The molecule has 5 nitrogen and oxygen atoms in total. The van der Waals surface area contributed by atoms with E-state index in [0.717, 1.165) is 17.0 Å². The molecular formula is C24H23N3O2S2. The molecule has 0 radical (unpaired) electrons. The normalized spacial score (nSPS) is 28.5. The maximum Gasteiger partial charge on any atom is 0.239 e. The van der Waals surface area contributed by atoms with Gasteiger partial charge in [0.05, 0.1) is 16.5 Å². The van der Waals surface area contributed by atoms with Crippen molar-refractivity contribution in [3.05, 3.63) is 83.2 Å². The number of thioether (sulfide) groups is 2. The average molecular weight is 450 g/mol. The van der Waals surface area contributed by atoms with Crippen LogP contribution in [0.25, 0.3) is 0 Å². The molecule has 0 bridgehead atoms. The minimum absolute atomic E-state index is 0.0299. The molecule has 0 aromatic heterocycles. The number of para-hydroxylation sites is 1. The number of aliphatic hydroxyl groups is 1. The van der Waals surface area contributed by atoms with Crippen LogP contribution in [0.4, 0.5) is 5.69 Å². The highest BCUT2D eigenvalue weighted by Crippen LogP contribution is 2.50. The fourth-order valence-corrected chi connectivity index (χ4v) is 6.52. The van der Waals surface area contributed by atoms with Gasteiger partial charge < -0.3 is 10.0 Å². The van der Waals surface area contributed by atoms with Crippen LogP contribution in [-0.4, -0.2) is 46.5 Å². The Morgan fingerprint density at radius 3 is 2.97 bits per heavy atom. The topological polar surface area (TPSA) is 56.1 Å². The smallest absolute Gasteiger partial charge is 0.239 e. The number of anilines is 1. The van der Waals surface area contributed by atoms with Crippen molar-refractivity contribution in [1.82, 2.24) is 4.90 Å². The van der Waals surface area contributed by atoms with E-state index in [2.05, 4.69) is 54.9 Å². The lowest BCUT2D eigenvalue weighted by molar-refractivity contribution is -0.123. The highest BCUT2D eigenvalue weighted by atomic mass is 32.2. The van der Waals surface area contributed by atoms with Crippen LogP contribution in [0.3, 0.4) is 0 Å². The van der Waals surface area contributed by atoms with E-state index in [4.69, 9.17) is 4.99 Å². The molecule has 0 saturated carbocycles. The molecule has 2 aliphatic carbocycles. The molecule has 1 saturated heterocycles. The molecular weight excluding hydrogens is 426 g/mol. The SMILES string of the molecule is C=CCN1C(=O)CSC1=NC1C(O)=CC=C2CC=CC(=C3Sc4ccccc4N3C)C21. The number of aliphatic imine (C=N–C) groups is 1. The number of carbonyl (C=O) groups excluding carboxylic acids is 1. The van der Waals surface area contributed by atoms with Crippen molar-refractivity contribution >= 4 is 40.3 Å². The minimum atomic E-state index is -0.453. The Morgan fingerprint density at radius 1 is 1.32 bits per heavy atom. The number of fused-ring (bicyclic) bond motifs is 2. The molecule has 158 valence electrons. The van der Waals surface area contributed by atoms with Crippen molar-refractivity contribution < 1.29 is 9.90 Å². The number of allylic oxidation sites excluding steroid dienone is 4. The van der Waals surface area contributed by atoms with Gasteiger partial charge in [0.15, 0.2) is 5.17 Å². The zero-order valence-electron chi connectivity index (χ0n) is 17.2. The summed E-state index contributed by atoms with van der Waals surface area (Å²) < 4.78 is 0. The van der Waals surface area contributed by atoms with E-state index in [1.54, 1.807) is 28.8 Å². The molecule has 4 aliphatic rings. The maximum atomic E-state index is 12.3. The summed E-state index contributed by atoms with van der Waals surface area (Å²) in [6, 6.07) is 7.92. The highest BCUT2D eigenvalue weighted by molar-refractivity contribution is 8.15. The zero-order valence-corrected chi connectivity index (χ0v) is 18.8. The van der Waals surface area contributed by atoms with Crippen molar-refractivity contribution in [2.45, 2.75) is 17.4 Å². The molecule has 1 amide bonds. The van der Waals surface area contributed by atoms with Gasteiger partial charge in [-0.25, -0.2) is 4.99 Å². The van der Waals surface area contributed by atoms with Gasteiger partial charge in [-0.05, 0) is 30.2 Å². The number of benzene rings is 1. The molecule has 2 aliphatic heterocycles. The Morgan fingerprint density at radius 2 is 2.16 bits per heavy atom. The van der Waals surface area contributed by atoms with Gasteiger partial charge in [0.1, 0.15) is 11.8 Å². The summed E-state index contributed by atoms with van der Waals surface area (Å²) in [5.41, 5.74) is 3.57. The lowest BCUT2D eigenvalue weighted by Crippen LogP contribution is -2.34. The Hall–Kier alpha value is -2.64. The molecule has 2 heterocycles. The summed E-state index contributed by atoms with van der Waals surface area (Å²) in [7, 11) is 2.09. The van der Waals surface area contributed by atoms with Gasteiger partial charge in [0.25, 0.3) is 0 Å². The fraction of sp³-hybridized carbons (Fsp3) is 0.250. The van der Waals surface area contributed by atoms with Crippen molar-refractivity contribution in [1.29, 1.82) is 0 Å². The van der Waals surface area contributed by atoms with Crippen LogP contribution in [0.5, 0.6) is 0 Å². The first-order valence-corrected chi connectivity index (χ1v) is 12.0. The highest BCUT2D eigenvalue weighted by Gasteiger charge is 2.39. The number of aliphatic hydroxyl groups excluding tert-OH is 1. The van der Waals surface area contributed by atoms with Crippen LogP contribution in [0, 0.1) is 5.92 Å².